The number of carbonyl (C=O) groups is 2. The Bertz CT molecular complexity index is 1320. The summed E-state index contributed by atoms with van der Waals surface area (Å²) in [4.78, 5) is 30.1. The second-order valence-corrected chi connectivity index (χ2v) is 7.77. The first-order valence-electron chi connectivity index (χ1n) is 9.66. The average molecular weight is 466 g/mol. The van der Waals surface area contributed by atoms with Gasteiger partial charge in [-0.25, -0.2) is 9.78 Å². The summed E-state index contributed by atoms with van der Waals surface area (Å²) in [5, 5.41) is 1.24. The molecule has 4 aromatic rings. The second-order valence-electron chi connectivity index (χ2n) is 6.92. The van der Waals surface area contributed by atoms with Crippen molar-refractivity contribution in [3.8, 4) is 17.0 Å². The number of ketones is 1. The lowest BCUT2D eigenvalue weighted by Crippen LogP contribution is -2.15. The summed E-state index contributed by atoms with van der Waals surface area (Å²) in [5.41, 5.74) is 2.56. The Balaban J connectivity index is 1.64. The molecule has 0 saturated heterocycles. The molecule has 3 aromatic carbocycles. The maximum absolute atomic E-state index is 12.9. The summed E-state index contributed by atoms with van der Waals surface area (Å²) in [5.74, 6) is -0.364. The summed E-state index contributed by atoms with van der Waals surface area (Å²) >= 11 is 12.0. The molecule has 0 radical (unpaired) electrons. The van der Waals surface area contributed by atoms with Crippen molar-refractivity contribution in [1.82, 2.24) is 4.98 Å². The molecule has 0 bridgehead atoms. The van der Waals surface area contributed by atoms with Gasteiger partial charge in [-0.2, -0.15) is 0 Å². The van der Waals surface area contributed by atoms with Crippen molar-refractivity contribution in [2.45, 2.75) is 0 Å². The van der Waals surface area contributed by atoms with Crippen LogP contribution in [0.5, 0.6) is 5.75 Å². The van der Waals surface area contributed by atoms with Gasteiger partial charge >= 0.3 is 5.97 Å². The number of aromatic nitrogens is 1. The number of fused-ring (bicyclic) bond motifs is 1. The number of hydrogen-bond acceptors (Lipinski definition) is 5. The van der Waals surface area contributed by atoms with Crippen LogP contribution in [0.4, 0.5) is 0 Å². The first-order chi connectivity index (χ1) is 15.5. The number of hydrogen-bond donors (Lipinski definition) is 0. The van der Waals surface area contributed by atoms with Crippen molar-refractivity contribution in [3.63, 3.8) is 0 Å². The van der Waals surface area contributed by atoms with Crippen LogP contribution < -0.4 is 4.74 Å². The predicted molar refractivity (Wildman–Crippen MR) is 125 cm³/mol. The van der Waals surface area contributed by atoms with Gasteiger partial charge < -0.3 is 9.47 Å². The van der Waals surface area contributed by atoms with E-state index in [4.69, 9.17) is 32.7 Å². The van der Waals surface area contributed by atoms with Crippen molar-refractivity contribution < 1.29 is 19.1 Å². The molecule has 0 atom stereocenters. The van der Waals surface area contributed by atoms with Gasteiger partial charge in [-0.15, -0.1) is 0 Å². The van der Waals surface area contributed by atoms with Gasteiger partial charge in [0.2, 0.25) is 5.78 Å². The molecule has 0 amide bonds. The molecular formula is C25H17Cl2NO4. The number of pyridine rings is 1. The molecule has 0 aliphatic rings. The highest BCUT2D eigenvalue weighted by Gasteiger charge is 2.18. The zero-order valence-electron chi connectivity index (χ0n) is 17.0. The highest BCUT2D eigenvalue weighted by Crippen LogP contribution is 2.27. The van der Waals surface area contributed by atoms with Gasteiger partial charge in [-0.05, 0) is 54.6 Å². The molecule has 0 unspecified atom stereocenters. The zero-order valence-corrected chi connectivity index (χ0v) is 18.5. The van der Waals surface area contributed by atoms with Crippen LogP contribution >= 0.6 is 23.2 Å². The molecule has 0 aliphatic carbocycles. The number of esters is 1. The maximum atomic E-state index is 12.9. The standard InChI is InChI=1S/C25H17Cl2NO4/c1-31-17-9-6-15(7-10-17)23-13-19(18-4-2-3-5-22(18)28-23)25(30)32-14-24(29)20-12-16(26)8-11-21(20)27/h2-13H,14H2,1H3. The lowest BCUT2D eigenvalue weighted by atomic mass is 10.0. The molecule has 0 saturated carbocycles. The van der Waals surface area contributed by atoms with Crippen LogP contribution in [0.3, 0.4) is 0 Å². The summed E-state index contributed by atoms with van der Waals surface area (Å²) in [6.07, 6.45) is 0. The van der Waals surface area contributed by atoms with Gasteiger partial charge in [0.05, 0.1) is 28.9 Å². The Morgan fingerprint density at radius 2 is 1.66 bits per heavy atom. The minimum atomic E-state index is -0.634. The maximum Gasteiger partial charge on any atom is 0.339 e. The number of halogens is 2. The molecule has 5 nitrogen and oxygen atoms in total. The number of Topliss-reactive ketones (excluding diaryl/α,β-unsaturated/α-hetero) is 1. The summed E-state index contributed by atoms with van der Waals surface area (Å²) in [6.45, 7) is -0.465. The van der Waals surface area contributed by atoms with E-state index in [-0.39, 0.29) is 10.6 Å². The van der Waals surface area contributed by atoms with Crippen LogP contribution in [0.2, 0.25) is 10.0 Å². The number of rotatable bonds is 6. The lowest BCUT2D eigenvalue weighted by Gasteiger charge is -2.11. The fourth-order valence-corrected chi connectivity index (χ4v) is 3.65. The number of benzene rings is 3. The van der Waals surface area contributed by atoms with E-state index in [1.807, 2.05) is 42.5 Å². The van der Waals surface area contributed by atoms with E-state index in [2.05, 4.69) is 4.98 Å². The van der Waals surface area contributed by atoms with Crippen LogP contribution in [0.15, 0.2) is 72.8 Å². The first kappa shape index (κ1) is 21.8. The molecule has 0 fully saturated rings. The molecule has 4 rings (SSSR count). The van der Waals surface area contributed by atoms with Crippen LogP contribution in [0, 0.1) is 0 Å². The van der Waals surface area contributed by atoms with Gasteiger partial charge in [0.25, 0.3) is 0 Å². The normalized spacial score (nSPS) is 10.7. The minimum Gasteiger partial charge on any atom is -0.497 e. The van der Waals surface area contributed by atoms with Crippen molar-refractivity contribution >= 4 is 45.9 Å². The zero-order chi connectivity index (χ0) is 22.7. The SMILES string of the molecule is COc1ccc(-c2cc(C(=O)OCC(=O)c3cc(Cl)ccc3Cl)c3ccccc3n2)cc1. The number of methoxy groups -OCH3 is 1. The molecule has 0 N–H and O–H groups in total. The molecule has 160 valence electrons. The van der Waals surface area contributed by atoms with Gasteiger partial charge in [-0.1, -0.05) is 41.4 Å². The fraction of sp³-hybridized carbons (Fsp3) is 0.0800. The average Bonchev–Trinajstić information content (AvgIpc) is 2.83. The Kier molecular flexibility index (Phi) is 6.40. The van der Waals surface area contributed by atoms with Gasteiger partial charge in [0.15, 0.2) is 6.61 Å². The predicted octanol–water partition coefficient (Wildman–Crippen LogP) is 6.26. The van der Waals surface area contributed by atoms with Crippen LogP contribution in [0.25, 0.3) is 22.2 Å². The Labute approximate surface area is 194 Å². The number of para-hydroxylation sites is 1. The van der Waals surface area contributed by atoms with Gasteiger partial charge in [0.1, 0.15) is 5.75 Å². The van der Waals surface area contributed by atoms with E-state index >= 15 is 0 Å². The topological polar surface area (TPSA) is 65.5 Å². The third-order valence-corrected chi connectivity index (χ3v) is 5.45. The first-order valence-corrected chi connectivity index (χ1v) is 10.4. The van der Waals surface area contributed by atoms with E-state index in [1.165, 1.54) is 12.1 Å². The summed E-state index contributed by atoms with van der Waals surface area (Å²) in [6, 6.07) is 20.8. The van der Waals surface area contributed by atoms with Crippen LogP contribution in [-0.4, -0.2) is 30.5 Å². The number of nitrogens with zero attached hydrogens (tertiary/aromatic N) is 1. The third kappa shape index (κ3) is 4.59. The summed E-state index contributed by atoms with van der Waals surface area (Å²) in [7, 11) is 1.59. The largest absolute Gasteiger partial charge is 0.497 e. The summed E-state index contributed by atoms with van der Waals surface area (Å²) < 4.78 is 10.5. The van der Waals surface area contributed by atoms with Gasteiger partial charge in [-0.3, -0.25) is 4.79 Å². The van der Waals surface area contributed by atoms with Crippen molar-refractivity contribution in [1.29, 1.82) is 0 Å². The molecule has 1 heterocycles. The third-order valence-electron chi connectivity index (χ3n) is 4.89. The quantitative estimate of drug-likeness (QED) is 0.248. The van der Waals surface area contributed by atoms with Crippen molar-refractivity contribution in [3.05, 3.63) is 94.0 Å². The molecule has 7 heteroatoms. The van der Waals surface area contributed by atoms with Crippen LogP contribution in [-0.2, 0) is 4.74 Å². The van der Waals surface area contributed by atoms with E-state index in [0.717, 1.165) is 5.56 Å². The van der Waals surface area contributed by atoms with Gasteiger partial charge in [0, 0.05) is 21.5 Å². The minimum absolute atomic E-state index is 0.200. The number of ether oxygens (including phenoxy) is 2. The lowest BCUT2D eigenvalue weighted by molar-refractivity contribution is 0.0476. The Hall–Kier alpha value is -3.41. The monoisotopic (exact) mass is 465 g/mol. The smallest absolute Gasteiger partial charge is 0.339 e. The Morgan fingerprint density at radius 3 is 2.41 bits per heavy atom. The van der Waals surface area contributed by atoms with E-state index in [0.29, 0.717) is 32.9 Å². The molecule has 0 aliphatic heterocycles. The molecule has 0 spiro atoms. The molecular weight excluding hydrogens is 449 g/mol. The molecule has 1 aromatic heterocycles. The van der Waals surface area contributed by atoms with E-state index < -0.39 is 18.4 Å². The Morgan fingerprint density at radius 1 is 0.906 bits per heavy atom. The second kappa shape index (κ2) is 9.39. The van der Waals surface area contributed by atoms with Crippen molar-refractivity contribution in [2.75, 3.05) is 13.7 Å². The van der Waals surface area contributed by atoms with Crippen molar-refractivity contribution in [2.24, 2.45) is 0 Å². The number of carbonyl (C=O) groups excluding carboxylic acids is 2. The van der Waals surface area contributed by atoms with E-state index in [1.54, 1.807) is 25.3 Å². The fourth-order valence-electron chi connectivity index (χ4n) is 3.25. The highest BCUT2D eigenvalue weighted by atomic mass is 35.5. The molecule has 32 heavy (non-hydrogen) atoms. The van der Waals surface area contributed by atoms with E-state index in [9.17, 15) is 9.59 Å². The van der Waals surface area contributed by atoms with Crippen LogP contribution in [0.1, 0.15) is 20.7 Å². The highest BCUT2D eigenvalue weighted by molar-refractivity contribution is 6.36.